The summed E-state index contributed by atoms with van der Waals surface area (Å²) < 4.78 is 0. The number of H-pyrrole nitrogens is 1. The van der Waals surface area contributed by atoms with Gasteiger partial charge in [0.25, 0.3) is 0 Å². The average molecular weight is 254 g/mol. The summed E-state index contributed by atoms with van der Waals surface area (Å²) in [6, 6.07) is 10.5. The molecule has 0 unspecified atom stereocenters. The summed E-state index contributed by atoms with van der Waals surface area (Å²) in [6.07, 6.45) is 6.68. The molecule has 2 heteroatoms. The van der Waals surface area contributed by atoms with E-state index in [-0.39, 0.29) is 0 Å². The Morgan fingerprint density at radius 3 is 2.94 bits per heavy atom. The minimum atomic E-state index is 0.797. The van der Waals surface area contributed by atoms with Gasteiger partial charge in [0.1, 0.15) is 0 Å². The maximum atomic E-state index is 6.07. The molecule has 1 aliphatic rings. The van der Waals surface area contributed by atoms with Crippen LogP contribution in [-0.4, -0.2) is 4.98 Å². The van der Waals surface area contributed by atoms with E-state index in [0.717, 1.165) is 17.9 Å². The lowest BCUT2D eigenvalue weighted by Crippen LogP contribution is -1.90. The summed E-state index contributed by atoms with van der Waals surface area (Å²) >= 11 is 6.07. The smallest absolute Gasteiger partial charge is 0.0467 e. The van der Waals surface area contributed by atoms with Crippen LogP contribution < -0.4 is 0 Å². The van der Waals surface area contributed by atoms with E-state index < -0.39 is 0 Å². The largest absolute Gasteiger partial charge is 0.355 e. The number of nitrogens with one attached hydrogen (secondary N) is 1. The van der Waals surface area contributed by atoms with Gasteiger partial charge in [0.2, 0.25) is 0 Å². The number of fused-ring (bicyclic) bond motifs is 4. The summed E-state index contributed by atoms with van der Waals surface area (Å²) in [5.74, 6) is 0. The van der Waals surface area contributed by atoms with E-state index in [1.54, 1.807) is 0 Å². The number of allylic oxidation sites excluding steroid dienone is 1. The van der Waals surface area contributed by atoms with Gasteiger partial charge >= 0.3 is 0 Å². The highest BCUT2D eigenvalue weighted by Crippen LogP contribution is 2.32. The number of benzene rings is 2. The fourth-order valence-electron chi connectivity index (χ4n) is 2.83. The Morgan fingerprint density at radius 1 is 1.06 bits per heavy atom. The van der Waals surface area contributed by atoms with Crippen molar-refractivity contribution in [3.05, 3.63) is 52.7 Å². The third-order valence-corrected chi connectivity index (χ3v) is 3.94. The number of aromatic nitrogens is 1. The zero-order chi connectivity index (χ0) is 12.1. The lowest BCUT2D eigenvalue weighted by atomic mass is 9.99. The number of aromatic amines is 1. The van der Waals surface area contributed by atoms with Crippen molar-refractivity contribution in [2.75, 3.05) is 0 Å². The highest BCUT2D eigenvalue weighted by Gasteiger charge is 2.12. The van der Waals surface area contributed by atoms with Crippen LogP contribution in [0.5, 0.6) is 0 Å². The number of rotatable bonds is 0. The highest BCUT2D eigenvalue weighted by atomic mass is 35.5. The van der Waals surface area contributed by atoms with E-state index in [2.05, 4.69) is 35.3 Å². The maximum Gasteiger partial charge on any atom is 0.0467 e. The minimum absolute atomic E-state index is 0.797. The summed E-state index contributed by atoms with van der Waals surface area (Å²) in [5.41, 5.74) is 3.92. The van der Waals surface area contributed by atoms with Crippen molar-refractivity contribution in [1.82, 2.24) is 4.98 Å². The van der Waals surface area contributed by atoms with Crippen molar-refractivity contribution in [2.45, 2.75) is 12.8 Å². The van der Waals surface area contributed by atoms with Crippen molar-refractivity contribution in [3.63, 3.8) is 0 Å². The van der Waals surface area contributed by atoms with Gasteiger partial charge in [-0.05, 0) is 59.5 Å². The molecule has 0 radical (unpaired) electrons. The molecule has 1 N–H and O–H groups in total. The predicted octanol–water partition coefficient (Wildman–Crippen LogP) is 4.93. The molecule has 3 aromatic rings. The second kappa shape index (κ2) is 3.63. The van der Waals surface area contributed by atoms with E-state index in [1.807, 2.05) is 12.1 Å². The molecule has 0 saturated heterocycles. The Morgan fingerprint density at radius 2 is 2.00 bits per heavy atom. The van der Waals surface area contributed by atoms with Crippen molar-refractivity contribution in [2.24, 2.45) is 0 Å². The SMILES string of the molecule is Clc1ccc2cc3[nH]c4c(c3cc2c1)CCC=C4. The second-order valence-corrected chi connectivity index (χ2v) is 5.28. The molecule has 1 heterocycles. The van der Waals surface area contributed by atoms with Gasteiger partial charge in [-0.2, -0.15) is 0 Å². The van der Waals surface area contributed by atoms with E-state index >= 15 is 0 Å². The van der Waals surface area contributed by atoms with E-state index in [9.17, 15) is 0 Å². The first-order chi connectivity index (χ1) is 8.81. The average Bonchev–Trinajstić information content (AvgIpc) is 2.74. The van der Waals surface area contributed by atoms with Crippen LogP contribution in [0.1, 0.15) is 17.7 Å². The number of halogens is 1. The summed E-state index contributed by atoms with van der Waals surface area (Å²) in [7, 11) is 0. The molecule has 0 saturated carbocycles. The van der Waals surface area contributed by atoms with Gasteiger partial charge in [0.05, 0.1) is 0 Å². The molecule has 2 aromatic carbocycles. The molecule has 1 aliphatic carbocycles. The Labute approximate surface area is 110 Å². The standard InChI is InChI=1S/C16H12ClN/c17-12-6-5-10-9-16-14(8-11(10)7-12)13-3-1-2-4-15(13)18-16/h2,4-9,18H,1,3H2. The fraction of sp³-hybridized carbons (Fsp3) is 0.125. The van der Waals surface area contributed by atoms with Crippen molar-refractivity contribution in [1.29, 1.82) is 0 Å². The third kappa shape index (κ3) is 1.41. The lowest BCUT2D eigenvalue weighted by Gasteiger charge is -2.05. The van der Waals surface area contributed by atoms with Gasteiger partial charge in [0, 0.05) is 21.6 Å². The molecule has 0 bridgehead atoms. The number of hydrogen-bond donors (Lipinski definition) is 1. The molecule has 1 aromatic heterocycles. The number of hydrogen-bond acceptors (Lipinski definition) is 0. The van der Waals surface area contributed by atoms with Crippen LogP contribution in [0.4, 0.5) is 0 Å². The van der Waals surface area contributed by atoms with Gasteiger partial charge in [-0.1, -0.05) is 23.7 Å². The van der Waals surface area contributed by atoms with Crippen LogP contribution in [-0.2, 0) is 6.42 Å². The Hall–Kier alpha value is -1.73. The quantitative estimate of drug-likeness (QED) is 0.584. The molecular weight excluding hydrogens is 242 g/mol. The Balaban J connectivity index is 2.13. The van der Waals surface area contributed by atoms with Crippen LogP contribution in [0.25, 0.3) is 27.8 Å². The highest BCUT2D eigenvalue weighted by molar-refractivity contribution is 6.31. The van der Waals surface area contributed by atoms with Gasteiger partial charge < -0.3 is 4.98 Å². The van der Waals surface area contributed by atoms with Crippen LogP contribution in [0.2, 0.25) is 5.02 Å². The fourth-order valence-corrected chi connectivity index (χ4v) is 3.01. The molecule has 18 heavy (non-hydrogen) atoms. The Bertz CT molecular complexity index is 796. The molecule has 0 amide bonds. The first-order valence-corrected chi connectivity index (χ1v) is 6.59. The van der Waals surface area contributed by atoms with Gasteiger partial charge in [-0.25, -0.2) is 0 Å². The summed E-state index contributed by atoms with van der Waals surface area (Å²) in [4.78, 5) is 3.50. The molecule has 0 fully saturated rings. The van der Waals surface area contributed by atoms with Gasteiger partial charge in [-0.3, -0.25) is 0 Å². The monoisotopic (exact) mass is 253 g/mol. The first-order valence-electron chi connectivity index (χ1n) is 6.22. The van der Waals surface area contributed by atoms with Crippen molar-refractivity contribution in [3.8, 4) is 0 Å². The topological polar surface area (TPSA) is 15.8 Å². The molecule has 88 valence electrons. The predicted molar refractivity (Wildman–Crippen MR) is 78.2 cm³/mol. The molecule has 0 spiro atoms. The van der Waals surface area contributed by atoms with Gasteiger partial charge in [-0.15, -0.1) is 0 Å². The third-order valence-electron chi connectivity index (χ3n) is 3.70. The van der Waals surface area contributed by atoms with Crippen LogP contribution in [0.15, 0.2) is 36.4 Å². The summed E-state index contributed by atoms with van der Waals surface area (Å²) in [6.45, 7) is 0. The molecule has 0 aliphatic heterocycles. The maximum absolute atomic E-state index is 6.07. The lowest BCUT2D eigenvalue weighted by molar-refractivity contribution is 0.992. The van der Waals surface area contributed by atoms with Crippen LogP contribution >= 0.6 is 11.6 Å². The Kier molecular flexibility index (Phi) is 2.06. The second-order valence-electron chi connectivity index (χ2n) is 4.85. The van der Waals surface area contributed by atoms with E-state index in [0.29, 0.717) is 0 Å². The zero-order valence-corrected chi connectivity index (χ0v) is 10.6. The van der Waals surface area contributed by atoms with E-state index in [4.69, 9.17) is 11.6 Å². The zero-order valence-electron chi connectivity index (χ0n) is 9.83. The minimum Gasteiger partial charge on any atom is -0.355 e. The molecular formula is C16H12ClN. The number of aryl methyl sites for hydroxylation is 1. The van der Waals surface area contributed by atoms with Gasteiger partial charge in [0.15, 0.2) is 0 Å². The van der Waals surface area contributed by atoms with Crippen LogP contribution in [0.3, 0.4) is 0 Å². The van der Waals surface area contributed by atoms with Crippen molar-refractivity contribution >= 4 is 39.4 Å². The summed E-state index contributed by atoms with van der Waals surface area (Å²) in [5, 5.41) is 4.58. The van der Waals surface area contributed by atoms with E-state index in [1.165, 1.54) is 32.9 Å². The normalized spacial score (nSPS) is 14.3. The molecule has 1 nitrogen and oxygen atoms in total. The molecule has 0 atom stereocenters. The first kappa shape index (κ1) is 10.2. The van der Waals surface area contributed by atoms with Crippen molar-refractivity contribution < 1.29 is 0 Å². The molecule has 4 rings (SSSR count). The van der Waals surface area contributed by atoms with Crippen LogP contribution in [0, 0.1) is 0 Å².